The van der Waals surface area contributed by atoms with E-state index in [4.69, 9.17) is 12.8 Å². The molecule has 1 unspecified atom stereocenters. The molecule has 0 fully saturated rings. The van der Waals surface area contributed by atoms with Crippen molar-refractivity contribution in [3.8, 4) is 0 Å². The van der Waals surface area contributed by atoms with Crippen LogP contribution in [0.2, 0.25) is 48.9 Å². The van der Waals surface area contributed by atoms with Crippen molar-refractivity contribution in [1.82, 2.24) is 4.90 Å². The van der Waals surface area contributed by atoms with E-state index in [0.717, 1.165) is 25.4 Å². The molecular weight excluding hydrogens is 475 g/mol. The van der Waals surface area contributed by atoms with Gasteiger partial charge in [0.2, 0.25) is 0 Å². The Hall–Kier alpha value is 0.441. The lowest BCUT2D eigenvalue weighted by molar-refractivity contribution is 0.246. The molecule has 0 aromatic heterocycles. The Kier molecular flexibility index (Phi) is 11.6. The van der Waals surface area contributed by atoms with E-state index in [-0.39, 0.29) is 21.9 Å². The molecule has 0 radical (unpaired) electrons. The van der Waals surface area contributed by atoms with Crippen LogP contribution in [-0.2, 0) is 18.3 Å². The molecule has 0 aliphatic rings. The predicted molar refractivity (Wildman–Crippen MR) is 145 cm³/mol. The maximum Gasteiger partial charge on any atom is 0.314 e. The van der Waals surface area contributed by atoms with Gasteiger partial charge >= 0.3 is 8.56 Å². The van der Waals surface area contributed by atoms with Gasteiger partial charge < -0.3 is 13.1 Å². The molecule has 10 heteroatoms. The quantitative estimate of drug-likeness (QED) is 0.168. The summed E-state index contributed by atoms with van der Waals surface area (Å²) in [5, 5.41) is 0.279. The summed E-state index contributed by atoms with van der Waals surface area (Å²) in [5.74, 6) is -0.190. The second-order valence-electron chi connectivity index (χ2n) is 12.7. The molecule has 0 bridgehead atoms. The van der Waals surface area contributed by atoms with Gasteiger partial charge in [-0.25, -0.2) is 0 Å². The minimum atomic E-state index is -3.90. The Morgan fingerprint density at radius 1 is 0.875 bits per heavy atom. The van der Waals surface area contributed by atoms with Crippen LogP contribution in [0, 0.1) is 0 Å². The minimum Gasteiger partial charge on any atom is -0.436 e. The van der Waals surface area contributed by atoms with E-state index < -0.39 is 35.3 Å². The van der Waals surface area contributed by atoms with Gasteiger partial charge in [-0.2, -0.15) is 8.42 Å². The average Bonchev–Trinajstić information content (AvgIpc) is 2.52. The molecule has 0 spiro atoms. The normalized spacial score (nSPS) is 16.0. The van der Waals surface area contributed by atoms with Crippen LogP contribution in [0.3, 0.4) is 0 Å². The highest BCUT2D eigenvalue weighted by Gasteiger charge is 2.49. The Balaban J connectivity index is 5.20. The van der Waals surface area contributed by atoms with Crippen LogP contribution in [0.1, 0.15) is 67.7 Å². The van der Waals surface area contributed by atoms with E-state index in [2.05, 4.69) is 79.2 Å². The Labute approximate surface area is 203 Å². The predicted octanol–water partition coefficient (Wildman–Crippen LogP) is 6.48. The first kappa shape index (κ1) is 32.4. The molecular formula is C22H53NO5SSi3. The van der Waals surface area contributed by atoms with Gasteiger partial charge in [0, 0.05) is 6.04 Å². The van der Waals surface area contributed by atoms with E-state index in [9.17, 15) is 8.42 Å². The SMILES string of the molecule is CC(CCS(=O)(=O)O)N(C)CCCC[Si](C)(O[Si](C)(C)C(C)(C)C)O[Si](C)(C)C(C)(C)C. The first-order valence-corrected chi connectivity index (χ1v) is 21.9. The molecule has 1 atom stereocenters. The van der Waals surface area contributed by atoms with E-state index in [0.29, 0.717) is 6.42 Å². The molecule has 0 rings (SSSR count). The van der Waals surface area contributed by atoms with Crippen molar-refractivity contribution < 1.29 is 21.2 Å². The van der Waals surface area contributed by atoms with Gasteiger partial charge in [0.05, 0.1) is 5.75 Å². The zero-order valence-corrected chi connectivity index (χ0v) is 27.1. The lowest BCUT2D eigenvalue weighted by atomic mass is 10.2. The Bertz CT molecular complexity index is 657. The van der Waals surface area contributed by atoms with Crippen molar-refractivity contribution in [3.05, 3.63) is 0 Å². The fraction of sp³-hybridized carbons (Fsp3) is 1.00. The van der Waals surface area contributed by atoms with Gasteiger partial charge in [-0.15, -0.1) is 0 Å². The van der Waals surface area contributed by atoms with Crippen molar-refractivity contribution in [2.75, 3.05) is 19.3 Å². The molecule has 0 aromatic rings. The van der Waals surface area contributed by atoms with Crippen molar-refractivity contribution in [2.45, 2.75) is 123 Å². The number of unbranched alkanes of at least 4 members (excludes halogenated alkanes) is 1. The Morgan fingerprint density at radius 3 is 1.62 bits per heavy atom. The van der Waals surface area contributed by atoms with Crippen LogP contribution in [0.15, 0.2) is 0 Å². The van der Waals surface area contributed by atoms with Crippen LogP contribution < -0.4 is 0 Å². The van der Waals surface area contributed by atoms with Crippen LogP contribution in [0.4, 0.5) is 0 Å². The topological polar surface area (TPSA) is 76.1 Å². The third-order valence-corrected chi connectivity index (χ3v) is 24.3. The van der Waals surface area contributed by atoms with E-state index in [1.807, 2.05) is 14.0 Å². The summed E-state index contributed by atoms with van der Waals surface area (Å²) in [6.07, 6.45) is 2.48. The van der Waals surface area contributed by atoms with Crippen molar-refractivity contribution in [1.29, 1.82) is 0 Å². The highest BCUT2D eigenvalue weighted by atomic mass is 32.2. The molecule has 0 saturated heterocycles. The van der Waals surface area contributed by atoms with Crippen molar-refractivity contribution in [3.63, 3.8) is 0 Å². The first-order valence-electron chi connectivity index (χ1n) is 12.0. The highest BCUT2D eigenvalue weighted by Crippen LogP contribution is 2.43. The molecule has 32 heavy (non-hydrogen) atoms. The minimum absolute atomic E-state index is 0.104. The number of hydrogen-bond donors (Lipinski definition) is 1. The van der Waals surface area contributed by atoms with Crippen LogP contribution in [0.5, 0.6) is 0 Å². The van der Waals surface area contributed by atoms with Crippen LogP contribution in [0.25, 0.3) is 0 Å². The zero-order chi connectivity index (χ0) is 25.8. The monoisotopic (exact) mass is 527 g/mol. The van der Waals surface area contributed by atoms with Gasteiger partial charge in [-0.05, 0) is 82.2 Å². The maximum absolute atomic E-state index is 11.0. The van der Waals surface area contributed by atoms with Crippen LogP contribution >= 0.6 is 0 Å². The molecule has 0 amide bonds. The largest absolute Gasteiger partial charge is 0.436 e. The Morgan fingerprint density at radius 2 is 1.28 bits per heavy atom. The van der Waals surface area contributed by atoms with Gasteiger partial charge in [-0.1, -0.05) is 48.0 Å². The van der Waals surface area contributed by atoms with Gasteiger partial charge in [0.15, 0.2) is 16.6 Å². The van der Waals surface area contributed by atoms with E-state index >= 15 is 0 Å². The zero-order valence-electron chi connectivity index (χ0n) is 23.3. The summed E-state index contributed by atoms with van der Waals surface area (Å²) in [4.78, 5) is 2.17. The van der Waals surface area contributed by atoms with Crippen molar-refractivity contribution in [2.24, 2.45) is 0 Å². The maximum atomic E-state index is 11.0. The summed E-state index contributed by atoms with van der Waals surface area (Å²) < 4.78 is 45.1. The van der Waals surface area contributed by atoms with Gasteiger partial charge in [0.25, 0.3) is 10.1 Å². The summed E-state index contributed by atoms with van der Waals surface area (Å²) in [7, 11) is -8.19. The third kappa shape index (κ3) is 11.2. The standard InChI is InChI=1S/C22H53NO5SSi3/c1-20(16-18-29(24,25)26)23(8)17-14-15-19-32(13,27-30(9,10)21(2,3)4)28-31(11,12)22(5,6)7/h20H,14-19H2,1-13H3,(H,24,25,26). The average molecular weight is 528 g/mol. The molecule has 0 heterocycles. The van der Waals surface area contributed by atoms with Gasteiger partial charge in [-0.3, -0.25) is 4.55 Å². The molecule has 0 aliphatic heterocycles. The van der Waals surface area contributed by atoms with Gasteiger partial charge in [0.1, 0.15) is 0 Å². The fourth-order valence-corrected chi connectivity index (χ4v) is 17.1. The third-order valence-electron chi connectivity index (χ3n) is 7.49. The fourth-order valence-electron chi connectivity index (χ4n) is 3.08. The van der Waals surface area contributed by atoms with E-state index in [1.54, 1.807) is 0 Å². The number of hydrogen-bond acceptors (Lipinski definition) is 5. The lowest BCUT2D eigenvalue weighted by Gasteiger charge is -2.48. The summed E-state index contributed by atoms with van der Waals surface area (Å²) in [6.45, 7) is 28.1. The van der Waals surface area contributed by atoms with E-state index in [1.165, 1.54) is 0 Å². The number of nitrogens with zero attached hydrogens (tertiary/aromatic N) is 1. The highest BCUT2D eigenvalue weighted by molar-refractivity contribution is 7.85. The lowest BCUT2D eigenvalue weighted by Crippen LogP contribution is -2.58. The molecule has 0 aliphatic carbocycles. The molecule has 1 N–H and O–H groups in total. The molecule has 6 nitrogen and oxygen atoms in total. The smallest absolute Gasteiger partial charge is 0.314 e. The van der Waals surface area contributed by atoms with Crippen LogP contribution in [-0.4, -0.2) is 68.5 Å². The summed E-state index contributed by atoms with van der Waals surface area (Å²) in [6, 6.07) is 1.08. The second kappa shape index (κ2) is 11.5. The molecule has 0 aromatic carbocycles. The second-order valence-corrected chi connectivity index (χ2v) is 27.7. The summed E-state index contributed by atoms with van der Waals surface area (Å²) >= 11 is 0. The summed E-state index contributed by atoms with van der Waals surface area (Å²) in [5.41, 5.74) is 0. The molecule has 194 valence electrons. The first-order chi connectivity index (χ1) is 13.9. The molecule has 0 saturated carbocycles. The number of rotatable bonds is 13. The van der Waals surface area contributed by atoms with Crippen molar-refractivity contribution >= 4 is 35.3 Å².